The normalized spacial score (nSPS) is 15.9. The molecule has 0 fully saturated rings. The number of carbonyl (C=O) groups excluding carboxylic acids is 1. The van der Waals surface area contributed by atoms with Crippen LogP contribution in [0.15, 0.2) is 29.4 Å². The summed E-state index contributed by atoms with van der Waals surface area (Å²) in [4.78, 5) is 22.1. The molecule has 5 nitrogen and oxygen atoms in total. The van der Waals surface area contributed by atoms with Crippen LogP contribution in [0.4, 0.5) is 13.2 Å². The highest BCUT2D eigenvalue weighted by Gasteiger charge is 2.30. The van der Waals surface area contributed by atoms with Crippen LogP contribution in [0.5, 0.6) is 0 Å². The Balaban J connectivity index is 2.24. The van der Waals surface area contributed by atoms with Gasteiger partial charge < -0.3 is 5.11 Å². The van der Waals surface area contributed by atoms with Crippen LogP contribution in [0.1, 0.15) is 24.0 Å². The number of aliphatic carboxylic acids is 1. The van der Waals surface area contributed by atoms with E-state index < -0.39 is 30.2 Å². The molecule has 0 bridgehead atoms. The van der Waals surface area contributed by atoms with Crippen molar-refractivity contribution in [3.8, 4) is 0 Å². The Labute approximate surface area is 117 Å². The Bertz CT molecular complexity index is 594. The third-order valence-electron chi connectivity index (χ3n) is 2.94. The number of amides is 1. The van der Waals surface area contributed by atoms with E-state index in [2.05, 4.69) is 5.10 Å². The fourth-order valence-electron chi connectivity index (χ4n) is 1.91. The van der Waals surface area contributed by atoms with Crippen molar-refractivity contribution >= 4 is 17.6 Å². The number of hydrogen-bond acceptors (Lipinski definition) is 3. The van der Waals surface area contributed by atoms with Crippen LogP contribution in [0.25, 0.3) is 0 Å². The van der Waals surface area contributed by atoms with E-state index in [9.17, 15) is 22.8 Å². The van der Waals surface area contributed by atoms with E-state index in [1.807, 2.05) is 0 Å². The second kappa shape index (κ2) is 5.55. The molecule has 0 radical (unpaired) electrons. The first kappa shape index (κ1) is 15.0. The molecule has 1 amide bonds. The summed E-state index contributed by atoms with van der Waals surface area (Å²) in [6.45, 7) is -0.566. The van der Waals surface area contributed by atoms with Gasteiger partial charge in [0.2, 0.25) is 5.91 Å². The third-order valence-corrected chi connectivity index (χ3v) is 2.94. The fourth-order valence-corrected chi connectivity index (χ4v) is 1.91. The Morgan fingerprint density at radius 1 is 1.24 bits per heavy atom. The van der Waals surface area contributed by atoms with Crippen molar-refractivity contribution in [3.63, 3.8) is 0 Å². The monoisotopic (exact) mass is 300 g/mol. The van der Waals surface area contributed by atoms with E-state index >= 15 is 0 Å². The first-order chi connectivity index (χ1) is 9.77. The van der Waals surface area contributed by atoms with Gasteiger partial charge in [-0.05, 0) is 17.7 Å². The minimum absolute atomic E-state index is 0.0765. The summed E-state index contributed by atoms with van der Waals surface area (Å²) in [6, 6.07) is 4.37. The molecule has 0 aliphatic carbocycles. The molecule has 1 heterocycles. The maximum atomic E-state index is 12.5. The molecule has 112 valence electrons. The number of rotatable bonds is 3. The quantitative estimate of drug-likeness (QED) is 0.929. The first-order valence-corrected chi connectivity index (χ1v) is 6.04. The summed E-state index contributed by atoms with van der Waals surface area (Å²) >= 11 is 0. The number of nitrogens with zero attached hydrogens (tertiary/aromatic N) is 2. The molecule has 1 aliphatic rings. The highest BCUT2D eigenvalue weighted by atomic mass is 19.4. The third kappa shape index (κ3) is 3.59. The summed E-state index contributed by atoms with van der Waals surface area (Å²) in [5, 5.41) is 13.4. The Morgan fingerprint density at radius 2 is 1.86 bits per heavy atom. The molecule has 0 saturated heterocycles. The zero-order valence-corrected chi connectivity index (χ0v) is 10.7. The maximum absolute atomic E-state index is 12.5. The molecule has 0 spiro atoms. The van der Waals surface area contributed by atoms with Gasteiger partial charge in [-0.3, -0.25) is 9.59 Å². The molecule has 0 aromatic heterocycles. The van der Waals surface area contributed by atoms with Crippen molar-refractivity contribution in [1.29, 1.82) is 0 Å². The van der Waals surface area contributed by atoms with Crippen LogP contribution < -0.4 is 0 Å². The summed E-state index contributed by atoms with van der Waals surface area (Å²) in [7, 11) is 0. The Hall–Kier alpha value is -2.38. The lowest BCUT2D eigenvalue weighted by atomic mass is 10.0. The lowest BCUT2D eigenvalue weighted by molar-refractivity contribution is -0.144. The van der Waals surface area contributed by atoms with Crippen molar-refractivity contribution in [3.05, 3.63) is 35.4 Å². The SMILES string of the molecule is O=C(O)CN1N=C(c2ccc(C(F)(F)F)cc2)CCC1=O. The Kier molecular flexibility index (Phi) is 3.97. The average molecular weight is 300 g/mol. The maximum Gasteiger partial charge on any atom is 0.416 e. The van der Waals surface area contributed by atoms with Gasteiger partial charge in [0.05, 0.1) is 11.3 Å². The number of benzene rings is 1. The zero-order valence-electron chi connectivity index (χ0n) is 10.7. The van der Waals surface area contributed by atoms with E-state index in [0.29, 0.717) is 11.3 Å². The number of hydrogen-bond donors (Lipinski definition) is 1. The number of alkyl halides is 3. The van der Waals surface area contributed by atoms with Crippen molar-refractivity contribution in [1.82, 2.24) is 5.01 Å². The van der Waals surface area contributed by atoms with Crippen molar-refractivity contribution in [2.75, 3.05) is 6.54 Å². The average Bonchev–Trinajstić information content (AvgIpc) is 2.40. The lowest BCUT2D eigenvalue weighted by Crippen LogP contribution is -2.35. The van der Waals surface area contributed by atoms with Gasteiger partial charge >= 0.3 is 12.1 Å². The molecule has 1 N–H and O–H groups in total. The van der Waals surface area contributed by atoms with E-state index in [4.69, 9.17) is 5.11 Å². The van der Waals surface area contributed by atoms with Gasteiger partial charge in [-0.2, -0.15) is 18.3 Å². The molecule has 1 aromatic carbocycles. The minimum atomic E-state index is -4.42. The predicted octanol–water partition coefficient (Wildman–Crippen LogP) is 2.12. The van der Waals surface area contributed by atoms with Crippen molar-refractivity contribution in [2.24, 2.45) is 5.10 Å². The van der Waals surface area contributed by atoms with E-state index in [0.717, 1.165) is 17.1 Å². The molecule has 2 rings (SSSR count). The number of hydrazone groups is 1. The topological polar surface area (TPSA) is 70.0 Å². The number of carbonyl (C=O) groups is 2. The van der Waals surface area contributed by atoms with Gasteiger partial charge in [0.15, 0.2) is 0 Å². The van der Waals surface area contributed by atoms with E-state index in [1.165, 1.54) is 12.1 Å². The lowest BCUT2D eigenvalue weighted by Gasteiger charge is -2.22. The summed E-state index contributed by atoms with van der Waals surface area (Å²) in [5.41, 5.74) is 0.0524. The van der Waals surface area contributed by atoms with Crippen LogP contribution in [0.2, 0.25) is 0 Å². The van der Waals surface area contributed by atoms with Crippen molar-refractivity contribution in [2.45, 2.75) is 19.0 Å². The van der Waals surface area contributed by atoms with Crippen LogP contribution in [-0.4, -0.2) is 34.2 Å². The Morgan fingerprint density at radius 3 is 2.38 bits per heavy atom. The highest BCUT2D eigenvalue weighted by molar-refractivity contribution is 6.04. The van der Waals surface area contributed by atoms with Gasteiger partial charge in [0.25, 0.3) is 0 Å². The van der Waals surface area contributed by atoms with Crippen LogP contribution in [0, 0.1) is 0 Å². The number of carboxylic acids is 1. The standard InChI is InChI=1S/C13H11F3N2O3/c14-13(15,16)9-3-1-8(2-4-9)10-5-6-11(19)18(17-10)7-12(20)21/h1-4H,5-7H2,(H,20,21). The highest BCUT2D eigenvalue weighted by Crippen LogP contribution is 2.29. The molecule has 8 heteroatoms. The summed E-state index contributed by atoms with van der Waals surface area (Å²) in [5.74, 6) is -1.63. The zero-order chi connectivity index (χ0) is 15.6. The van der Waals surface area contributed by atoms with Crippen LogP contribution in [0.3, 0.4) is 0 Å². The second-order valence-electron chi connectivity index (χ2n) is 4.47. The minimum Gasteiger partial charge on any atom is -0.480 e. The van der Waals surface area contributed by atoms with Gasteiger partial charge in [-0.15, -0.1) is 0 Å². The largest absolute Gasteiger partial charge is 0.480 e. The van der Waals surface area contributed by atoms with Gasteiger partial charge in [-0.25, -0.2) is 5.01 Å². The fraction of sp³-hybridized carbons (Fsp3) is 0.308. The van der Waals surface area contributed by atoms with Gasteiger partial charge in [0, 0.05) is 12.8 Å². The molecule has 0 atom stereocenters. The van der Waals surface area contributed by atoms with Gasteiger partial charge in [-0.1, -0.05) is 12.1 Å². The summed E-state index contributed by atoms with van der Waals surface area (Å²) < 4.78 is 37.4. The van der Waals surface area contributed by atoms with Gasteiger partial charge in [0.1, 0.15) is 6.54 Å². The van der Waals surface area contributed by atoms with Crippen LogP contribution in [-0.2, 0) is 15.8 Å². The molecule has 0 saturated carbocycles. The van der Waals surface area contributed by atoms with E-state index in [-0.39, 0.29) is 12.8 Å². The smallest absolute Gasteiger partial charge is 0.416 e. The predicted molar refractivity (Wildman–Crippen MR) is 66.6 cm³/mol. The second-order valence-corrected chi connectivity index (χ2v) is 4.47. The summed E-state index contributed by atoms with van der Waals surface area (Å²) in [6.07, 6.45) is -4.08. The number of halogens is 3. The van der Waals surface area contributed by atoms with Crippen LogP contribution >= 0.6 is 0 Å². The van der Waals surface area contributed by atoms with E-state index in [1.54, 1.807) is 0 Å². The van der Waals surface area contributed by atoms with Crippen molar-refractivity contribution < 1.29 is 27.9 Å². The molecular formula is C13H11F3N2O3. The molecule has 21 heavy (non-hydrogen) atoms. The molecular weight excluding hydrogens is 289 g/mol. The molecule has 1 aliphatic heterocycles. The first-order valence-electron chi connectivity index (χ1n) is 6.04. The molecule has 0 unspecified atom stereocenters. The molecule has 1 aromatic rings. The number of carboxylic acid groups (broad SMARTS) is 1.